The van der Waals surface area contributed by atoms with Crippen molar-refractivity contribution in [2.24, 2.45) is 0 Å². The average molecular weight is 352 g/mol. The third-order valence-corrected chi connectivity index (χ3v) is 4.70. The summed E-state index contributed by atoms with van der Waals surface area (Å²) in [6.45, 7) is 5.30. The molecule has 0 unspecified atom stereocenters. The molecular weight excluding hydrogens is 328 g/mol. The number of methoxy groups -OCH3 is 1. The molecule has 2 aromatic carbocycles. The highest BCUT2D eigenvalue weighted by molar-refractivity contribution is 6.01. The minimum atomic E-state index is -0.0982. The van der Waals surface area contributed by atoms with Gasteiger partial charge in [-0.05, 0) is 35.7 Å². The van der Waals surface area contributed by atoms with E-state index < -0.39 is 0 Å². The van der Waals surface area contributed by atoms with E-state index in [-0.39, 0.29) is 18.4 Å². The van der Waals surface area contributed by atoms with Crippen molar-refractivity contribution in [2.45, 2.75) is 19.8 Å². The van der Waals surface area contributed by atoms with Gasteiger partial charge in [-0.25, -0.2) is 0 Å². The zero-order chi connectivity index (χ0) is 18.7. The molecule has 0 spiro atoms. The van der Waals surface area contributed by atoms with E-state index in [0.29, 0.717) is 30.3 Å². The Kier molecular flexibility index (Phi) is 5.26. The van der Waals surface area contributed by atoms with Crippen LogP contribution in [-0.4, -0.2) is 43.5 Å². The van der Waals surface area contributed by atoms with Crippen LogP contribution in [0.1, 0.15) is 35.7 Å². The minimum Gasteiger partial charge on any atom is -0.497 e. The third-order valence-electron chi connectivity index (χ3n) is 4.70. The number of rotatable bonds is 4. The summed E-state index contributed by atoms with van der Waals surface area (Å²) in [5.41, 5.74) is 2.61. The van der Waals surface area contributed by atoms with Gasteiger partial charge in [-0.3, -0.25) is 9.59 Å². The van der Waals surface area contributed by atoms with Crippen LogP contribution in [0.25, 0.3) is 0 Å². The SMILES string of the molecule is COc1cccc(N2CCN(C(=O)c3ccc(C(C)C)cc3)CC2=O)c1. The summed E-state index contributed by atoms with van der Waals surface area (Å²) >= 11 is 0. The smallest absolute Gasteiger partial charge is 0.254 e. The average Bonchev–Trinajstić information content (AvgIpc) is 2.67. The van der Waals surface area contributed by atoms with Gasteiger partial charge >= 0.3 is 0 Å². The molecule has 0 atom stereocenters. The Morgan fingerprint density at radius 3 is 2.42 bits per heavy atom. The van der Waals surface area contributed by atoms with Crippen LogP contribution in [0.5, 0.6) is 5.75 Å². The number of benzene rings is 2. The Morgan fingerprint density at radius 1 is 1.08 bits per heavy atom. The Hall–Kier alpha value is -2.82. The fraction of sp³-hybridized carbons (Fsp3) is 0.333. The number of hydrogen-bond acceptors (Lipinski definition) is 3. The fourth-order valence-electron chi connectivity index (χ4n) is 3.09. The third kappa shape index (κ3) is 3.72. The Labute approximate surface area is 154 Å². The lowest BCUT2D eigenvalue weighted by molar-refractivity contribution is -0.120. The van der Waals surface area contributed by atoms with E-state index in [0.717, 1.165) is 5.69 Å². The molecule has 0 N–H and O–H groups in total. The Balaban J connectivity index is 1.69. The number of hydrogen-bond donors (Lipinski definition) is 0. The summed E-state index contributed by atoms with van der Waals surface area (Å²) in [7, 11) is 1.60. The summed E-state index contributed by atoms with van der Waals surface area (Å²) in [6.07, 6.45) is 0. The second-order valence-corrected chi connectivity index (χ2v) is 6.75. The molecule has 26 heavy (non-hydrogen) atoms. The second kappa shape index (κ2) is 7.60. The zero-order valence-corrected chi connectivity index (χ0v) is 15.4. The van der Waals surface area contributed by atoms with Gasteiger partial charge < -0.3 is 14.5 Å². The number of amides is 2. The van der Waals surface area contributed by atoms with Crippen molar-refractivity contribution < 1.29 is 14.3 Å². The van der Waals surface area contributed by atoms with Crippen molar-refractivity contribution in [1.29, 1.82) is 0 Å². The van der Waals surface area contributed by atoms with Gasteiger partial charge in [0.15, 0.2) is 0 Å². The van der Waals surface area contributed by atoms with E-state index in [9.17, 15) is 9.59 Å². The van der Waals surface area contributed by atoms with Gasteiger partial charge in [0.25, 0.3) is 5.91 Å². The van der Waals surface area contributed by atoms with Crippen LogP contribution >= 0.6 is 0 Å². The number of anilines is 1. The fourth-order valence-corrected chi connectivity index (χ4v) is 3.09. The summed E-state index contributed by atoms with van der Waals surface area (Å²) < 4.78 is 5.22. The van der Waals surface area contributed by atoms with Gasteiger partial charge in [0, 0.05) is 30.4 Å². The molecule has 1 aliphatic rings. The molecule has 1 fully saturated rings. The van der Waals surface area contributed by atoms with Crippen molar-refractivity contribution in [2.75, 3.05) is 31.6 Å². The molecule has 2 amide bonds. The topological polar surface area (TPSA) is 49.9 Å². The first-order chi connectivity index (χ1) is 12.5. The Morgan fingerprint density at radius 2 is 1.81 bits per heavy atom. The van der Waals surface area contributed by atoms with Crippen molar-refractivity contribution in [3.05, 3.63) is 59.7 Å². The van der Waals surface area contributed by atoms with Crippen LogP contribution in [0.15, 0.2) is 48.5 Å². The maximum absolute atomic E-state index is 12.7. The maximum atomic E-state index is 12.7. The molecule has 5 heteroatoms. The van der Waals surface area contributed by atoms with E-state index in [1.807, 2.05) is 48.5 Å². The number of carbonyl (C=O) groups is 2. The van der Waals surface area contributed by atoms with Crippen LogP contribution in [0, 0.1) is 0 Å². The molecule has 0 bridgehead atoms. The van der Waals surface area contributed by atoms with Crippen LogP contribution in [0.2, 0.25) is 0 Å². The predicted molar refractivity (Wildman–Crippen MR) is 102 cm³/mol. The number of ether oxygens (including phenoxy) is 1. The number of carbonyl (C=O) groups excluding carboxylic acids is 2. The lowest BCUT2D eigenvalue weighted by Crippen LogP contribution is -2.52. The van der Waals surface area contributed by atoms with Gasteiger partial charge in [0.1, 0.15) is 12.3 Å². The van der Waals surface area contributed by atoms with E-state index in [4.69, 9.17) is 4.74 Å². The molecule has 5 nitrogen and oxygen atoms in total. The minimum absolute atomic E-state index is 0.0853. The molecule has 3 rings (SSSR count). The highest BCUT2D eigenvalue weighted by Crippen LogP contribution is 2.23. The summed E-state index contributed by atoms with van der Waals surface area (Å²) in [6, 6.07) is 15.1. The van der Waals surface area contributed by atoms with E-state index >= 15 is 0 Å². The molecule has 1 aliphatic heterocycles. The molecule has 0 aliphatic carbocycles. The van der Waals surface area contributed by atoms with Gasteiger partial charge in [-0.1, -0.05) is 32.0 Å². The van der Waals surface area contributed by atoms with Crippen molar-refractivity contribution >= 4 is 17.5 Å². The molecule has 1 heterocycles. The molecule has 136 valence electrons. The van der Waals surface area contributed by atoms with Crippen LogP contribution in [0.3, 0.4) is 0 Å². The van der Waals surface area contributed by atoms with Crippen LogP contribution in [0.4, 0.5) is 5.69 Å². The first kappa shape index (κ1) is 18.0. The molecule has 1 saturated heterocycles. The highest BCUT2D eigenvalue weighted by atomic mass is 16.5. The first-order valence-electron chi connectivity index (χ1n) is 8.83. The van der Waals surface area contributed by atoms with Crippen molar-refractivity contribution in [1.82, 2.24) is 4.90 Å². The summed E-state index contributed by atoms with van der Waals surface area (Å²) in [5.74, 6) is 0.946. The van der Waals surface area contributed by atoms with E-state index in [1.165, 1.54) is 5.56 Å². The molecular formula is C21H24N2O3. The van der Waals surface area contributed by atoms with Crippen molar-refractivity contribution in [3.63, 3.8) is 0 Å². The molecule has 0 saturated carbocycles. The normalized spacial score (nSPS) is 14.7. The van der Waals surface area contributed by atoms with E-state index in [2.05, 4.69) is 13.8 Å². The molecule has 0 aromatic heterocycles. The standard InChI is InChI=1S/C21H24N2O3/c1-15(2)16-7-9-17(10-8-16)21(25)22-11-12-23(20(24)14-22)18-5-4-6-19(13-18)26-3/h4-10,13,15H,11-12,14H2,1-3H3. The van der Waals surface area contributed by atoms with Crippen LogP contribution < -0.4 is 9.64 Å². The lowest BCUT2D eigenvalue weighted by atomic mass is 10.0. The maximum Gasteiger partial charge on any atom is 0.254 e. The van der Waals surface area contributed by atoms with Gasteiger partial charge in [-0.15, -0.1) is 0 Å². The molecule has 2 aromatic rings. The van der Waals surface area contributed by atoms with Crippen LogP contribution in [-0.2, 0) is 4.79 Å². The van der Waals surface area contributed by atoms with Gasteiger partial charge in [0.2, 0.25) is 5.91 Å². The first-order valence-corrected chi connectivity index (χ1v) is 8.83. The lowest BCUT2D eigenvalue weighted by Gasteiger charge is -2.34. The summed E-state index contributed by atoms with van der Waals surface area (Å²) in [4.78, 5) is 28.6. The second-order valence-electron chi connectivity index (χ2n) is 6.75. The number of piperazine rings is 1. The largest absolute Gasteiger partial charge is 0.497 e. The predicted octanol–water partition coefficient (Wildman–Crippen LogP) is 3.31. The monoisotopic (exact) mass is 352 g/mol. The highest BCUT2D eigenvalue weighted by Gasteiger charge is 2.28. The van der Waals surface area contributed by atoms with Gasteiger partial charge in [-0.2, -0.15) is 0 Å². The summed E-state index contributed by atoms with van der Waals surface area (Å²) in [5, 5.41) is 0. The quantitative estimate of drug-likeness (QED) is 0.848. The van der Waals surface area contributed by atoms with E-state index in [1.54, 1.807) is 16.9 Å². The molecule has 0 radical (unpaired) electrons. The zero-order valence-electron chi connectivity index (χ0n) is 15.4. The van der Waals surface area contributed by atoms with Gasteiger partial charge in [0.05, 0.1) is 7.11 Å². The number of nitrogens with zero attached hydrogens (tertiary/aromatic N) is 2. The Bertz CT molecular complexity index is 799. The van der Waals surface area contributed by atoms with Crippen molar-refractivity contribution in [3.8, 4) is 5.75 Å².